The van der Waals surface area contributed by atoms with Crippen LogP contribution in [-0.4, -0.2) is 47.8 Å². The fourth-order valence-electron chi connectivity index (χ4n) is 2.17. The summed E-state index contributed by atoms with van der Waals surface area (Å²) in [6.07, 6.45) is -0.813. The monoisotopic (exact) mass is 271 g/mol. The summed E-state index contributed by atoms with van der Waals surface area (Å²) in [5.74, 6) is -2.49. The molecule has 0 radical (unpaired) electrons. The first-order chi connectivity index (χ1) is 9.02. The number of morpholine rings is 1. The molecule has 2 unspecified atom stereocenters. The van der Waals surface area contributed by atoms with Gasteiger partial charge in [0.05, 0.1) is 18.8 Å². The van der Waals surface area contributed by atoms with E-state index in [1.807, 2.05) is 0 Å². The van der Waals surface area contributed by atoms with E-state index in [2.05, 4.69) is 0 Å². The Hall–Kier alpha value is -1.53. The van der Waals surface area contributed by atoms with Gasteiger partial charge in [0.15, 0.2) is 0 Å². The normalized spacial score (nSPS) is 23.5. The SMILES string of the molecule is CC1CN(C(=O)c2c(F)cccc2F)CC(CO)O1. The number of carbonyl (C=O) groups excluding carboxylic acids is 1. The topological polar surface area (TPSA) is 49.8 Å². The van der Waals surface area contributed by atoms with Crippen molar-refractivity contribution in [1.29, 1.82) is 0 Å². The Balaban J connectivity index is 2.24. The molecule has 104 valence electrons. The van der Waals surface area contributed by atoms with Gasteiger partial charge in [0, 0.05) is 13.1 Å². The third-order valence-electron chi connectivity index (χ3n) is 2.99. The van der Waals surface area contributed by atoms with Crippen LogP contribution in [-0.2, 0) is 4.74 Å². The summed E-state index contributed by atoms with van der Waals surface area (Å²) >= 11 is 0. The Morgan fingerprint density at radius 1 is 1.42 bits per heavy atom. The second-order valence-corrected chi connectivity index (χ2v) is 4.56. The van der Waals surface area contributed by atoms with E-state index in [4.69, 9.17) is 9.84 Å². The smallest absolute Gasteiger partial charge is 0.260 e. The summed E-state index contributed by atoms with van der Waals surface area (Å²) in [5, 5.41) is 9.08. The molecule has 0 aromatic heterocycles. The number of hydrogen-bond acceptors (Lipinski definition) is 3. The molecule has 1 aromatic carbocycles. The Kier molecular flexibility index (Phi) is 4.11. The summed E-state index contributed by atoms with van der Waals surface area (Å²) in [4.78, 5) is 13.5. The van der Waals surface area contributed by atoms with Crippen molar-refractivity contribution in [1.82, 2.24) is 4.90 Å². The summed E-state index contributed by atoms with van der Waals surface area (Å²) in [5.41, 5.74) is -0.562. The molecule has 0 spiro atoms. The minimum Gasteiger partial charge on any atom is -0.394 e. The number of nitrogens with zero attached hydrogens (tertiary/aromatic N) is 1. The number of carbonyl (C=O) groups is 1. The third kappa shape index (κ3) is 2.90. The van der Waals surface area contributed by atoms with Crippen molar-refractivity contribution in [2.75, 3.05) is 19.7 Å². The van der Waals surface area contributed by atoms with E-state index in [-0.39, 0.29) is 25.8 Å². The van der Waals surface area contributed by atoms with Gasteiger partial charge in [-0.25, -0.2) is 8.78 Å². The number of aliphatic hydroxyl groups excluding tert-OH is 1. The molecule has 2 rings (SSSR count). The Bertz CT molecular complexity index is 461. The summed E-state index contributed by atoms with van der Waals surface area (Å²) in [6, 6.07) is 3.30. The average molecular weight is 271 g/mol. The third-order valence-corrected chi connectivity index (χ3v) is 2.99. The summed E-state index contributed by atoms with van der Waals surface area (Å²) in [7, 11) is 0. The summed E-state index contributed by atoms with van der Waals surface area (Å²) in [6.45, 7) is 1.85. The Morgan fingerprint density at radius 3 is 2.63 bits per heavy atom. The van der Waals surface area contributed by atoms with Crippen LogP contribution in [0.5, 0.6) is 0 Å². The van der Waals surface area contributed by atoms with E-state index in [0.717, 1.165) is 12.1 Å². The minimum absolute atomic E-state index is 0.118. The van der Waals surface area contributed by atoms with Gasteiger partial charge in [-0.3, -0.25) is 4.79 Å². The average Bonchev–Trinajstić information content (AvgIpc) is 2.37. The van der Waals surface area contributed by atoms with Gasteiger partial charge in [-0.05, 0) is 19.1 Å². The maximum atomic E-state index is 13.6. The van der Waals surface area contributed by atoms with Crippen LogP contribution in [0.1, 0.15) is 17.3 Å². The first kappa shape index (κ1) is 13.9. The molecule has 1 fully saturated rings. The number of rotatable bonds is 2. The lowest BCUT2D eigenvalue weighted by molar-refractivity contribution is -0.0860. The molecule has 2 atom stereocenters. The van der Waals surface area contributed by atoms with Gasteiger partial charge in [0.1, 0.15) is 17.2 Å². The van der Waals surface area contributed by atoms with Crippen molar-refractivity contribution in [2.24, 2.45) is 0 Å². The highest BCUT2D eigenvalue weighted by molar-refractivity contribution is 5.94. The van der Waals surface area contributed by atoms with E-state index in [1.54, 1.807) is 6.92 Å². The van der Waals surface area contributed by atoms with Gasteiger partial charge in [0.25, 0.3) is 5.91 Å². The van der Waals surface area contributed by atoms with E-state index < -0.39 is 29.2 Å². The van der Waals surface area contributed by atoms with Crippen molar-refractivity contribution < 1.29 is 23.4 Å². The molecule has 4 nitrogen and oxygen atoms in total. The Morgan fingerprint density at radius 2 is 2.05 bits per heavy atom. The fourth-order valence-corrected chi connectivity index (χ4v) is 2.17. The standard InChI is InChI=1S/C13H15F2NO3/c1-8-5-16(6-9(7-17)19-8)13(18)12-10(14)3-2-4-11(12)15/h2-4,8-9,17H,5-7H2,1H3. The molecule has 19 heavy (non-hydrogen) atoms. The van der Waals surface area contributed by atoms with Crippen LogP contribution in [0.4, 0.5) is 8.78 Å². The first-order valence-electron chi connectivity index (χ1n) is 6.02. The molecule has 0 saturated carbocycles. The van der Waals surface area contributed by atoms with Crippen LogP contribution in [0.15, 0.2) is 18.2 Å². The Labute approximate surface area is 109 Å². The van der Waals surface area contributed by atoms with Crippen molar-refractivity contribution in [3.8, 4) is 0 Å². The van der Waals surface area contributed by atoms with Crippen LogP contribution in [0.2, 0.25) is 0 Å². The van der Waals surface area contributed by atoms with Gasteiger partial charge in [-0.15, -0.1) is 0 Å². The van der Waals surface area contributed by atoms with Crippen molar-refractivity contribution >= 4 is 5.91 Å². The van der Waals surface area contributed by atoms with Gasteiger partial charge in [-0.2, -0.15) is 0 Å². The van der Waals surface area contributed by atoms with Gasteiger partial charge in [-0.1, -0.05) is 6.07 Å². The maximum Gasteiger partial charge on any atom is 0.260 e. The number of ether oxygens (including phenoxy) is 1. The van der Waals surface area contributed by atoms with Crippen molar-refractivity contribution in [2.45, 2.75) is 19.1 Å². The molecule has 1 aromatic rings. The molecule has 1 saturated heterocycles. The molecule has 1 amide bonds. The van der Waals surface area contributed by atoms with E-state index in [9.17, 15) is 13.6 Å². The highest BCUT2D eigenvalue weighted by atomic mass is 19.1. The number of aliphatic hydroxyl groups is 1. The molecular formula is C13H15F2NO3. The van der Waals surface area contributed by atoms with E-state index >= 15 is 0 Å². The maximum absolute atomic E-state index is 13.6. The van der Waals surface area contributed by atoms with Gasteiger partial charge in [0.2, 0.25) is 0 Å². The predicted molar refractivity (Wildman–Crippen MR) is 63.7 cm³/mol. The van der Waals surface area contributed by atoms with Crippen LogP contribution in [0.25, 0.3) is 0 Å². The minimum atomic E-state index is -0.885. The van der Waals surface area contributed by atoms with Crippen molar-refractivity contribution in [3.05, 3.63) is 35.4 Å². The lowest BCUT2D eigenvalue weighted by Crippen LogP contribution is -2.50. The molecule has 6 heteroatoms. The number of halogens is 2. The fraction of sp³-hybridized carbons (Fsp3) is 0.462. The zero-order valence-corrected chi connectivity index (χ0v) is 10.5. The zero-order chi connectivity index (χ0) is 14.0. The van der Waals surface area contributed by atoms with E-state index in [1.165, 1.54) is 11.0 Å². The molecule has 1 aliphatic rings. The summed E-state index contributed by atoms with van der Waals surface area (Å²) < 4.78 is 32.5. The van der Waals surface area contributed by atoms with Gasteiger partial charge < -0.3 is 14.7 Å². The molecule has 0 aliphatic carbocycles. The van der Waals surface area contributed by atoms with E-state index in [0.29, 0.717) is 0 Å². The van der Waals surface area contributed by atoms with Crippen LogP contribution in [0.3, 0.4) is 0 Å². The highest BCUT2D eigenvalue weighted by Gasteiger charge is 2.31. The predicted octanol–water partition coefficient (Wildman–Crippen LogP) is 1.19. The molecule has 1 N–H and O–H groups in total. The van der Waals surface area contributed by atoms with Crippen LogP contribution >= 0.6 is 0 Å². The number of hydrogen-bond donors (Lipinski definition) is 1. The molecular weight excluding hydrogens is 256 g/mol. The lowest BCUT2D eigenvalue weighted by atomic mass is 10.1. The quantitative estimate of drug-likeness (QED) is 0.879. The highest BCUT2D eigenvalue weighted by Crippen LogP contribution is 2.18. The number of benzene rings is 1. The molecule has 1 aliphatic heterocycles. The number of amides is 1. The zero-order valence-electron chi connectivity index (χ0n) is 10.5. The first-order valence-corrected chi connectivity index (χ1v) is 6.02. The molecule has 1 heterocycles. The second-order valence-electron chi connectivity index (χ2n) is 4.56. The lowest BCUT2D eigenvalue weighted by Gasteiger charge is -2.36. The van der Waals surface area contributed by atoms with Gasteiger partial charge >= 0.3 is 0 Å². The van der Waals surface area contributed by atoms with Crippen LogP contribution in [0, 0.1) is 11.6 Å². The second kappa shape index (κ2) is 5.63. The van der Waals surface area contributed by atoms with Crippen LogP contribution < -0.4 is 0 Å². The van der Waals surface area contributed by atoms with Crippen molar-refractivity contribution in [3.63, 3.8) is 0 Å². The largest absolute Gasteiger partial charge is 0.394 e. The molecule has 0 bridgehead atoms.